The van der Waals surface area contributed by atoms with E-state index in [1.165, 1.54) is 64.0 Å². The molecule has 0 amide bonds. The number of hydrogen-bond acceptors (Lipinski definition) is 0. The van der Waals surface area contributed by atoms with Crippen molar-refractivity contribution in [3.05, 3.63) is 35.9 Å². The Bertz CT molecular complexity index is 395. The largest absolute Gasteiger partial charge is 0.323 e. The van der Waals surface area contributed by atoms with Gasteiger partial charge >= 0.3 is 0 Å². The molecule has 1 saturated carbocycles. The molecular formula is C18H30N2+2. The molecule has 1 saturated heterocycles. The van der Waals surface area contributed by atoms with Crippen molar-refractivity contribution in [2.75, 3.05) is 26.2 Å². The first-order valence-electron chi connectivity index (χ1n) is 8.55. The summed E-state index contributed by atoms with van der Waals surface area (Å²) in [5.41, 5.74) is 1.50. The van der Waals surface area contributed by atoms with Crippen LogP contribution in [0.4, 0.5) is 0 Å². The minimum absolute atomic E-state index is 0.953. The number of nitrogens with one attached hydrogen (secondary N) is 2. The maximum Gasteiger partial charge on any atom is 0.127 e. The molecule has 2 aliphatic rings. The molecule has 0 unspecified atom stereocenters. The summed E-state index contributed by atoms with van der Waals surface area (Å²) < 4.78 is 0. The van der Waals surface area contributed by atoms with E-state index in [0.717, 1.165) is 12.0 Å². The molecule has 1 aliphatic heterocycles. The van der Waals surface area contributed by atoms with Crippen molar-refractivity contribution in [2.24, 2.45) is 5.92 Å². The van der Waals surface area contributed by atoms with Crippen LogP contribution in [0.5, 0.6) is 0 Å². The summed E-state index contributed by atoms with van der Waals surface area (Å²) in [5, 5.41) is 0. The first-order chi connectivity index (χ1) is 9.83. The Morgan fingerprint density at radius 3 is 2.35 bits per heavy atom. The fourth-order valence-electron chi connectivity index (χ4n) is 4.28. The summed E-state index contributed by atoms with van der Waals surface area (Å²) in [5.74, 6) is 0.953. The van der Waals surface area contributed by atoms with Gasteiger partial charge in [-0.05, 0) is 19.3 Å². The van der Waals surface area contributed by atoms with Crippen molar-refractivity contribution in [3.8, 4) is 0 Å². The predicted molar refractivity (Wildman–Crippen MR) is 83.0 cm³/mol. The van der Waals surface area contributed by atoms with Crippen molar-refractivity contribution in [3.63, 3.8) is 0 Å². The van der Waals surface area contributed by atoms with Gasteiger partial charge in [-0.15, -0.1) is 0 Å². The Kier molecular flexibility index (Phi) is 4.74. The van der Waals surface area contributed by atoms with Crippen LogP contribution in [0.25, 0.3) is 0 Å². The molecule has 2 N–H and O–H groups in total. The molecule has 1 heterocycles. The second kappa shape index (κ2) is 6.73. The van der Waals surface area contributed by atoms with Crippen LogP contribution in [0.15, 0.2) is 30.3 Å². The molecule has 2 fully saturated rings. The van der Waals surface area contributed by atoms with Crippen LogP contribution in [0, 0.1) is 5.92 Å². The van der Waals surface area contributed by atoms with Gasteiger partial charge in [-0.1, -0.05) is 43.7 Å². The first-order valence-corrected chi connectivity index (χ1v) is 8.55. The normalized spacial score (nSPS) is 34.9. The average Bonchev–Trinajstić information content (AvgIpc) is 2.50. The third-order valence-corrected chi connectivity index (χ3v) is 5.53. The molecule has 1 aliphatic carbocycles. The minimum Gasteiger partial charge on any atom is -0.323 e. The molecule has 1 aromatic carbocycles. The van der Waals surface area contributed by atoms with Gasteiger partial charge < -0.3 is 9.80 Å². The van der Waals surface area contributed by atoms with Gasteiger partial charge in [0.1, 0.15) is 32.7 Å². The molecule has 0 radical (unpaired) electrons. The molecule has 2 atom stereocenters. The van der Waals surface area contributed by atoms with Crippen LogP contribution in [-0.4, -0.2) is 32.2 Å². The molecule has 1 aromatic rings. The van der Waals surface area contributed by atoms with Gasteiger partial charge in [0.05, 0.1) is 6.04 Å². The summed E-state index contributed by atoms with van der Waals surface area (Å²) in [4.78, 5) is 3.69. The van der Waals surface area contributed by atoms with Gasteiger partial charge in [-0.2, -0.15) is 0 Å². The first kappa shape index (κ1) is 14.1. The predicted octanol–water partition coefficient (Wildman–Crippen LogP) is 0.549. The molecule has 2 heteroatoms. The molecule has 3 rings (SSSR count). The minimum atomic E-state index is 0.953. The second-order valence-electron chi connectivity index (χ2n) is 6.94. The topological polar surface area (TPSA) is 8.88 Å². The lowest BCUT2D eigenvalue weighted by Gasteiger charge is -2.39. The van der Waals surface area contributed by atoms with Crippen molar-refractivity contribution >= 4 is 0 Å². The average molecular weight is 274 g/mol. The Hall–Kier alpha value is -0.860. The van der Waals surface area contributed by atoms with Crippen molar-refractivity contribution in [2.45, 2.75) is 45.2 Å². The third-order valence-electron chi connectivity index (χ3n) is 5.53. The molecule has 110 valence electrons. The zero-order chi connectivity index (χ0) is 13.8. The zero-order valence-corrected chi connectivity index (χ0v) is 12.9. The monoisotopic (exact) mass is 274 g/mol. The Balaban J connectivity index is 1.49. The molecule has 20 heavy (non-hydrogen) atoms. The van der Waals surface area contributed by atoms with Gasteiger partial charge in [-0.25, -0.2) is 0 Å². The van der Waals surface area contributed by atoms with Crippen LogP contribution in [0.2, 0.25) is 0 Å². The van der Waals surface area contributed by atoms with E-state index in [1.807, 2.05) is 4.90 Å². The molecule has 2 nitrogen and oxygen atoms in total. The summed E-state index contributed by atoms with van der Waals surface area (Å²) in [6.45, 7) is 9.18. The number of benzene rings is 1. The number of piperazine rings is 1. The highest BCUT2D eigenvalue weighted by atomic mass is 15.3. The van der Waals surface area contributed by atoms with Crippen LogP contribution in [0.3, 0.4) is 0 Å². The molecular weight excluding hydrogens is 244 g/mol. The van der Waals surface area contributed by atoms with E-state index in [1.54, 1.807) is 4.90 Å². The second-order valence-corrected chi connectivity index (χ2v) is 6.94. The standard InChI is InChI=1S/C18H28N2/c1-16-7-5-6-10-18(16)20-13-11-19(12-14-20)15-17-8-3-2-4-9-17/h2-4,8-9,16,18H,5-7,10-15H2,1H3/p+2/t16-,18-/m1/s1. The number of rotatable bonds is 3. The SMILES string of the molecule is C[C@@H]1CCCC[C@H]1[NH+]1CC[NH+](Cc2ccccc2)CC1. The Morgan fingerprint density at radius 1 is 0.950 bits per heavy atom. The van der Waals surface area contributed by atoms with E-state index >= 15 is 0 Å². The Labute approximate surface area is 123 Å². The Morgan fingerprint density at radius 2 is 1.65 bits per heavy atom. The smallest absolute Gasteiger partial charge is 0.127 e. The summed E-state index contributed by atoms with van der Waals surface area (Å²) in [6, 6.07) is 12.0. The lowest BCUT2D eigenvalue weighted by atomic mass is 9.84. The fourth-order valence-corrected chi connectivity index (χ4v) is 4.28. The maximum atomic E-state index is 2.49. The van der Waals surface area contributed by atoms with Gasteiger partial charge in [0, 0.05) is 11.5 Å². The lowest BCUT2D eigenvalue weighted by molar-refractivity contribution is -1.03. The number of hydrogen-bond donors (Lipinski definition) is 2. The summed E-state index contributed by atoms with van der Waals surface area (Å²) in [7, 11) is 0. The van der Waals surface area contributed by atoms with Crippen molar-refractivity contribution < 1.29 is 9.80 Å². The van der Waals surface area contributed by atoms with Crippen LogP contribution >= 0.6 is 0 Å². The van der Waals surface area contributed by atoms with Gasteiger partial charge in [0.2, 0.25) is 0 Å². The van der Waals surface area contributed by atoms with Gasteiger partial charge in [-0.3, -0.25) is 0 Å². The highest BCUT2D eigenvalue weighted by Gasteiger charge is 2.34. The summed E-state index contributed by atoms with van der Waals surface area (Å²) >= 11 is 0. The molecule has 0 aromatic heterocycles. The van der Waals surface area contributed by atoms with E-state index < -0.39 is 0 Å². The lowest BCUT2D eigenvalue weighted by Crippen LogP contribution is -3.29. The van der Waals surface area contributed by atoms with E-state index in [9.17, 15) is 0 Å². The van der Waals surface area contributed by atoms with Crippen LogP contribution in [-0.2, 0) is 6.54 Å². The van der Waals surface area contributed by atoms with E-state index in [2.05, 4.69) is 37.3 Å². The summed E-state index contributed by atoms with van der Waals surface area (Å²) in [6.07, 6.45) is 5.88. The fraction of sp³-hybridized carbons (Fsp3) is 0.667. The molecule has 0 bridgehead atoms. The van der Waals surface area contributed by atoms with Crippen LogP contribution in [0.1, 0.15) is 38.2 Å². The van der Waals surface area contributed by atoms with Gasteiger partial charge in [0.15, 0.2) is 0 Å². The molecule has 0 spiro atoms. The van der Waals surface area contributed by atoms with E-state index in [-0.39, 0.29) is 0 Å². The third kappa shape index (κ3) is 3.42. The number of quaternary nitrogens is 2. The van der Waals surface area contributed by atoms with E-state index in [4.69, 9.17) is 0 Å². The van der Waals surface area contributed by atoms with Crippen molar-refractivity contribution in [1.82, 2.24) is 0 Å². The van der Waals surface area contributed by atoms with Crippen molar-refractivity contribution in [1.29, 1.82) is 0 Å². The quantitative estimate of drug-likeness (QED) is 0.796. The highest BCUT2D eigenvalue weighted by Crippen LogP contribution is 2.21. The highest BCUT2D eigenvalue weighted by molar-refractivity contribution is 5.13. The van der Waals surface area contributed by atoms with E-state index in [0.29, 0.717) is 0 Å². The zero-order valence-electron chi connectivity index (χ0n) is 12.9. The van der Waals surface area contributed by atoms with Gasteiger partial charge in [0.25, 0.3) is 0 Å². The van der Waals surface area contributed by atoms with Crippen LogP contribution < -0.4 is 9.80 Å². The maximum absolute atomic E-state index is 2.49.